The largest absolute Gasteiger partial charge is 0.383 e. The minimum Gasteiger partial charge on any atom is -0.383 e. The monoisotopic (exact) mass is 361 g/mol. The van der Waals surface area contributed by atoms with Crippen LogP contribution in [-0.2, 0) is 14.3 Å². The number of rotatable bonds is 8. The summed E-state index contributed by atoms with van der Waals surface area (Å²) < 4.78 is 4.91. The lowest BCUT2D eigenvalue weighted by Crippen LogP contribution is -2.35. The molecule has 2 amide bonds. The van der Waals surface area contributed by atoms with Crippen LogP contribution in [0.1, 0.15) is 33.1 Å². The molecule has 1 heterocycles. The van der Waals surface area contributed by atoms with E-state index in [1.54, 1.807) is 12.0 Å². The topological polar surface area (TPSA) is 61.9 Å². The van der Waals surface area contributed by atoms with E-state index in [-0.39, 0.29) is 18.2 Å². The molecule has 1 N–H and O–H groups in total. The Balaban J connectivity index is 1.92. The molecule has 144 valence electrons. The van der Waals surface area contributed by atoms with E-state index in [2.05, 4.69) is 29.3 Å². The van der Waals surface area contributed by atoms with Crippen molar-refractivity contribution in [3.05, 3.63) is 24.3 Å². The molecule has 0 aromatic heterocycles. The molecule has 1 aliphatic heterocycles. The Hall–Kier alpha value is -2.08. The number of carbonyl (C=O) groups excluding carboxylic acids is 2. The Morgan fingerprint density at radius 1 is 1.23 bits per heavy atom. The molecule has 0 atom stereocenters. The maximum absolute atomic E-state index is 12.0. The van der Waals surface area contributed by atoms with Crippen molar-refractivity contribution >= 4 is 23.2 Å². The molecule has 6 nitrogen and oxygen atoms in total. The van der Waals surface area contributed by atoms with Crippen molar-refractivity contribution in [3.8, 4) is 0 Å². The Bertz CT molecular complexity index is 580. The highest BCUT2D eigenvalue weighted by molar-refractivity contribution is 5.92. The molecule has 0 spiro atoms. The summed E-state index contributed by atoms with van der Waals surface area (Å²) in [6, 6.07) is 8.08. The zero-order chi connectivity index (χ0) is 18.9. The van der Waals surface area contributed by atoms with Gasteiger partial charge in [-0.2, -0.15) is 0 Å². The molecule has 1 aromatic rings. The molecular weight excluding hydrogens is 330 g/mol. The van der Waals surface area contributed by atoms with Crippen LogP contribution in [0.15, 0.2) is 24.3 Å². The van der Waals surface area contributed by atoms with E-state index in [4.69, 9.17) is 4.74 Å². The third kappa shape index (κ3) is 6.02. The summed E-state index contributed by atoms with van der Waals surface area (Å²) in [6.45, 7) is 7.34. The van der Waals surface area contributed by atoms with Gasteiger partial charge in [0.1, 0.15) is 0 Å². The fraction of sp³-hybridized carbons (Fsp3) is 0.600. The number of ether oxygens (including phenoxy) is 1. The fourth-order valence-electron chi connectivity index (χ4n) is 3.17. The number of methoxy groups -OCH3 is 1. The molecular formula is C20H31N3O3. The molecule has 1 saturated heterocycles. The summed E-state index contributed by atoms with van der Waals surface area (Å²) in [5.74, 6) is 0.662. The van der Waals surface area contributed by atoms with E-state index < -0.39 is 0 Å². The Morgan fingerprint density at radius 3 is 2.46 bits per heavy atom. The number of hydrogen-bond donors (Lipinski definition) is 1. The quantitative estimate of drug-likeness (QED) is 0.723. The first-order valence-electron chi connectivity index (χ1n) is 9.40. The van der Waals surface area contributed by atoms with Gasteiger partial charge >= 0.3 is 0 Å². The van der Waals surface area contributed by atoms with Gasteiger partial charge in [0.25, 0.3) is 0 Å². The number of piperidine rings is 1. The highest BCUT2D eigenvalue weighted by Gasteiger charge is 2.17. The summed E-state index contributed by atoms with van der Waals surface area (Å²) in [4.78, 5) is 27.9. The molecule has 26 heavy (non-hydrogen) atoms. The van der Waals surface area contributed by atoms with Crippen molar-refractivity contribution in [2.75, 3.05) is 49.7 Å². The molecule has 1 aliphatic rings. The van der Waals surface area contributed by atoms with Crippen LogP contribution < -0.4 is 15.1 Å². The van der Waals surface area contributed by atoms with Gasteiger partial charge in [0.2, 0.25) is 11.8 Å². The van der Waals surface area contributed by atoms with Crippen LogP contribution in [0.5, 0.6) is 0 Å². The molecule has 2 rings (SSSR count). The van der Waals surface area contributed by atoms with Crippen LogP contribution in [-0.4, -0.2) is 51.7 Å². The van der Waals surface area contributed by atoms with Crippen LogP contribution >= 0.6 is 0 Å². The van der Waals surface area contributed by atoms with Gasteiger partial charge in [0, 0.05) is 58.0 Å². The van der Waals surface area contributed by atoms with E-state index in [0.717, 1.165) is 24.7 Å². The zero-order valence-electron chi connectivity index (χ0n) is 16.2. The van der Waals surface area contributed by atoms with E-state index in [0.29, 0.717) is 19.7 Å². The summed E-state index contributed by atoms with van der Waals surface area (Å²) >= 11 is 0. The van der Waals surface area contributed by atoms with Crippen molar-refractivity contribution in [1.29, 1.82) is 0 Å². The van der Waals surface area contributed by atoms with Crippen molar-refractivity contribution in [2.24, 2.45) is 5.92 Å². The lowest BCUT2D eigenvalue weighted by molar-refractivity contribution is -0.121. The standard InChI is InChI=1S/C20H31N3O3/c1-16-8-12-22(13-9-16)18-4-6-19(7-5-18)23(17(2)24)14-10-20(25)21-11-15-26-3/h4-7,16H,8-15H2,1-3H3,(H,21,25). The van der Waals surface area contributed by atoms with Crippen molar-refractivity contribution in [1.82, 2.24) is 5.32 Å². The maximum atomic E-state index is 12.0. The van der Waals surface area contributed by atoms with Gasteiger partial charge in [0.15, 0.2) is 0 Å². The predicted octanol–water partition coefficient (Wildman–Crippen LogP) is 2.43. The van der Waals surface area contributed by atoms with E-state index in [1.165, 1.54) is 25.5 Å². The molecule has 1 aromatic carbocycles. The van der Waals surface area contributed by atoms with Gasteiger partial charge in [-0.3, -0.25) is 9.59 Å². The number of hydrogen-bond acceptors (Lipinski definition) is 4. The Labute approximate surface area is 156 Å². The fourth-order valence-corrected chi connectivity index (χ4v) is 3.17. The highest BCUT2D eigenvalue weighted by Crippen LogP contribution is 2.25. The second-order valence-electron chi connectivity index (χ2n) is 6.95. The lowest BCUT2D eigenvalue weighted by atomic mass is 9.99. The van der Waals surface area contributed by atoms with Crippen LogP contribution in [0.2, 0.25) is 0 Å². The summed E-state index contributed by atoms with van der Waals surface area (Å²) in [5.41, 5.74) is 2.03. The van der Waals surface area contributed by atoms with Crippen molar-refractivity contribution in [2.45, 2.75) is 33.1 Å². The van der Waals surface area contributed by atoms with Crippen LogP contribution in [0.4, 0.5) is 11.4 Å². The zero-order valence-corrected chi connectivity index (χ0v) is 16.2. The number of nitrogens with zero attached hydrogens (tertiary/aromatic N) is 2. The van der Waals surface area contributed by atoms with Crippen LogP contribution in [0.25, 0.3) is 0 Å². The number of carbonyl (C=O) groups is 2. The smallest absolute Gasteiger partial charge is 0.223 e. The van der Waals surface area contributed by atoms with Crippen molar-refractivity contribution in [3.63, 3.8) is 0 Å². The van der Waals surface area contributed by atoms with Gasteiger partial charge in [-0.05, 0) is 43.0 Å². The van der Waals surface area contributed by atoms with E-state index in [9.17, 15) is 9.59 Å². The predicted molar refractivity (Wildman–Crippen MR) is 105 cm³/mol. The molecule has 0 radical (unpaired) electrons. The average Bonchev–Trinajstić information content (AvgIpc) is 2.63. The summed E-state index contributed by atoms with van der Waals surface area (Å²) in [5, 5.41) is 2.78. The third-order valence-electron chi connectivity index (χ3n) is 4.88. The maximum Gasteiger partial charge on any atom is 0.223 e. The SMILES string of the molecule is COCCNC(=O)CCN(C(C)=O)c1ccc(N2CCC(C)CC2)cc1. The van der Waals surface area contributed by atoms with Crippen LogP contribution in [0.3, 0.4) is 0 Å². The second-order valence-corrected chi connectivity index (χ2v) is 6.95. The summed E-state index contributed by atoms with van der Waals surface area (Å²) in [6.07, 6.45) is 2.72. The van der Waals surface area contributed by atoms with Gasteiger partial charge in [-0.1, -0.05) is 6.92 Å². The molecule has 0 bridgehead atoms. The third-order valence-corrected chi connectivity index (χ3v) is 4.88. The van der Waals surface area contributed by atoms with E-state index >= 15 is 0 Å². The van der Waals surface area contributed by atoms with E-state index in [1.807, 2.05) is 12.1 Å². The normalized spacial score (nSPS) is 15.0. The first kappa shape index (κ1) is 20.2. The number of benzene rings is 1. The Morgan fingerprint density at radius 2 is 1.88 bits per heavy atom. The first-order valence-corrected chi connectivity index (χ1v) is 9.40. The van der Waals surface area contributed by atoms with Crippen molar-refractivity contribution < 1.29 is 14.3 Å². The molecule has 1 fully saturated rings. The molecule has 0 saturated carbocycles. The molecule has 6 heteroatoms. The second kappa shape index (κ2) is 10.2. The van der Waals surface area contributed by atoms with Gasteiger partial charge in [-0.25, -0.2) is 0 Å². The number of amides is 2. The molecule has 0 aliphatic carbocycles. The number of nitrogens with one attached hydrogen (secondary N) is 1. The van der Waals surface area contributed by atoms with Gasteiger partial charge < -0.3 is 19.9 Å². The Kier molecular flexibility index (Phi) is 7.91. The molecule has 0 unspecified atom stereocenters. The van der Waals surface area contributed by atoms with Crippen LogP contribution in [0, 0.1) is 5.92 Å². The highest BCUT2D eigenvalue weighted by atomic mass is 16.5. The van der Waals surface area contributed by atoms with Gasteiger partial charge in [-0.15, -0.1) is 0 Å². The minimum absolute atomic E-state index is 0.0609. The lowest BCUT2D eigenvalue weighted by Gasteiger charge is -2.32. The van der Waals surface area contributed by atoms with Gasteiger partial charge in [0.05, 0.1) is 6.61 Å². The summed E-state index contributed by atoms with van der Waals surface area (Å²) in [7, 11) is 1.60. The minimum atomic E-state index is -0.0765. The first-order chi connectivity index (χ1) is 12.5. The average molecular weight is 361 g/mol. The number of anilines is 2.